The Balaban J connectivity index is 2.51. The highest BCUT2D eigenvalue weighted by molar-refractivity contribution is 9.10. The maximum absolute atomic E-state index is 13.8. The molecule has 0 aliphatic heterocycles. The van der Waals surface area contributed by atoms with E-state index in [1.807, 2.05) is 32.0 Å². The largest absolute Gasteiger partial charge is 0.320 e. The van der Waals surface area contributed by atoms with E-state index in [0.29, 0.717) is 5.56 Å². The smallest absolute Gasteiger partial charge is 0.128 e. The molecule has 1 unspecified atom stereocenters. The lowest BCUT2D eigenvalue weighted by Crippen LogP contribution is -2.15. The molecule has 0 amide bonds. The SMILES string of the molecule is Cc1cccc(C(N)c2cc(Br)ccc2F)c1C. The van der Waals surface area contributed by atoms with Gasteiger partial charge in [0.2, 0.25) is 0 Å². The average Bonchev–Trinajstić information content (AvgIpc) is 2.35. The molecule has 0 aromatic heterocycles. The number of nitrogens with two attached hydrogens (primary N) is 1. The normalized spacial score (nSPS) is 12.5. The molecule has 1 atom stereocenters. The van der Waals surface area contributed by atoms with Crippen LogP contribution in [0.3, 0.4) is 0 Å². The summed E-state index contributed by atoms with van der Waals surface area (Å²) in [7, 11) is 0. The van der Waals surface area contributed by atoms with Crippen molar-refractivity contribution in [3.63, 3.8) is 0 Å². The molecule has 3 heteroatoms. The van der Waals surface area contributed by atoms with Crippen LogP contribution in [0.2, 0.25) is 0 Å². The van der Waals surface area contributed by atoms with Crippen molar-refractivity contribution < 1.29 is 4.39 Å². The summed E-state index contributed by atoms with van der Waals surface area (Å²) in [6.45, 7) is 4.04. The highest BCUT2D eigenvalue weighted by Gasteiger charge is 2.16. The second kappa shape index (κ2) is 5.21. The molecular weight excluding hydrogens is 293 g/mol. The van der Waals surface area contributed by atoms with Crippen LogP contribution in [0.15, 0.2) is 40.9 Å². The van der Waals surface area contributed by atoms with E-state index in [9.17, 15) is 4.39 Å². The standard InChI is InChI=1S/C15H15BrFN/c1-9-4-3-5-12(10(9)2)15(18)13-8-11(16)6-7-14(13)17/h3-8,15H,18H2,1-2H3. The lowest BCUT2D eigenvalue weighted by molar-refractivity contribution is 0.598. The zero-order valence-electron chi connectivity index (χ0n) is 10.4. The van der Waals surface area contributed by atoms with E-state index in [1.54, 1.807) is 12.1 Å². The van der Waals surface area contributed by atoms with Crippen molar-refractivity contribution in [2.75, 3.05) is 0 Å². The van der Waals surface area contributed by atoms with E-state index >= 15 is 0 Å². The van der Waals surface area contributed by atoms with Gasteiger partial charge in [-0.15, -0.1) is 0 Å². The Morgan fingerprint density at radius 1 is 1.11 bits per heavy atom. The summed E-state index contributed by atoms with van der Waals surface area (Å²) in [6, 6.07) is 10.3. The Bertz CT molecular complexity index is 579. The second-order valence-electron chi connectivity index (χ2n) is 4.43. The first kappa shape index (κ1) is 13.2. The second-order valence-corrected chi connectivity index (χ2v) is 5.35. The lowest BCUT2D eigenvalue weighted by Gasteiger charge is -2.17. The Labute approximate surface area is 115 Å². The molecule has 0 saturated heterocycles. The molecular formula is C15H15BrFN. The number of rotatable bonds is 2. The highest BCUT2D eigenvalue weighted by Crippen LogP contribution is 2.28. The van der Waals surface area contributed by atoms with Crippen molar-refractivity contribution in [2.45, 2.75) is 19.9 Å². The molecule has 2 aromatic carbocycles. The van der Waals surface area contributed by atoms with Crippen molar-refractivity contribution in [1.29, 1.82) is 0 Å². The maximum Gasteiger partial charge on any atom is 0.128 e. The molecule has 0 fully saturated rings. The van der Waals surface area contributed by atoms with Gasteiger partial charge in [0.25, 0.3) is 0 Å². The Morgan fingerprint density at radius 2 is 1.83 bits per heavy atom. The number of hydrogen-bond donors (Lipinski definition) is 1. The van der Waals surface area contributed by atoms with Gasteiger partial charge in [-0.2, -0.15) is 0 Å². The molecule has 0 radical (unpaired) electrons. The van der Waals surface area contributed by atoms with Crippen LogP contribution in [-0.4, -0.2) is 0 Å². The lowest BCUT2D eigenvalue weighted by atomic mass is 9.93. The minimum atomic E-state index is -0.442. The van der Waals surface area contributed by atoms with E-state index in [-0.39, 0.29) is 5.82 Å². The van der Waals surface area contributed by atoms with Gasteiger partial charge in [-0.05, 0) is 48.7 Å². The third-order valence-corrected chi connectivity index (χ3v) is 3.77. The zero-order valence-corrected chi connectivity index (χ0v) is 12.0. The number of halogens is 2. The molecule has 94 valence electrons. The van der Waals surface area contributed by atoms with Crippen molar-refractivity contribution in [3.05, 3.63) is 68.9 Å². The average molecular weight is 308 g/mol. The number of aryl methyl sites for hydroxylation is 1. The molecule has 2 rings (SSSR count). The first-order valence-corrected chi connectivity index (χ1v) is 6.56. The Morgan fingerprint density at radius 3 is 2.56 bits per heavy atom. The van der Waals surface area contributed by atoms with Crippen LogP contribution >= 0.6 is 15.9 Å². The molecule has 0 heterocycles. The van der Waals surface area contributed by atoms with Crippen molar-refractivity contribution in [1.82, 2.24) is 0 Å². The summed E-state index contributed by atoms with van der Waals surface area (Å²) < 4.78 is 14.7. The number of hydrogen-bond acceptors (Lipinski definition) is 1. The van der Waals surface area contributed by atoms with Gasteiger partial charge in [-0.25, -0.2) is 4.39 Å². The minimum absolute atomic E-state index is 0.272. The van der Waals surface area contributed by atoms with Gasteiger partial charge in [0, 0.05) is 10.0 Å². The van der Waals surface area contributed by atoms with E-state index in [4.69, 9.17) is 5.73 Å². The fraction of sp³-hybridized carbons (Fsp3) is 0.200. The molecule has 0 aliphatic carbocycles. The number of benzene rings is 2. The van der Waals surface area contributed by atoms with Gasteiger partial charge in [0.1, 0.15) is 5.82 Å². The Hall–Kier alpha value is -1.19. The molecule has 0 bridgehead atoms. The van der Waals surface area contributed by atoms with Crippen molar-refractivity contribution in [2.24, 2.45) is 5.73 Å². The van der Waals surface area contributed by atoms with Crippen molar-refractivity contribution in [3.8, 4) is 0 Å². The van der Waals surface area contributed by atoms with Crippen LogP contribution in [-0.2, 0) is 0 Å². The summed E-state index contributed by atoms with van der Waals surface area (Å²) in [5.41, 5.74) is 9.95. The van der Waals surface area contributed by atoms with E-state index in [1.165, 1.54) is 11.6 Å². The maximum atomic E-state index is 13.8. The van der Waals surface area contributed by atoms with Gasteiger partial charge in [-0.3, -0.25) is 0 Å². The molecule has 0 aliphatic rings. The van der Waals surface area contributed by atoms with E-state index in [0.717, 1.165) is 15.6 Å². The van der Waals surface area contributed by atoms with Crippen LogP contribution < -0.4 is 5.73 Å². The fourth-order valence-corrected chi connectivity index (χ4v) is 2.41. The van der Waals surface area contributed by atoms with Crippen LogP contribution in [0, 0.1) is 19.7 Å². The highest BCUT2D eigenvalue weighted by atomic mass is 79.9. The summed E-state index contributed by atoms with van der Waals surface area (Å²) in [4.78, 5) is 0. The molecule has 0 spiro atoms. The predicted molar refractivity (Wildman–Crippen MR) is 76.0 cm³/mol. The first-order valence-electron chi connectivity index (χ1n) is 5.77. The topological polar surface area (TPSA) is 26.0 Å². The third-order valence-electron chi connectivity index (χ3n) is 3.27. The van der Waals surface area contributed by atoms with Gasteiger partial charge < -0.3 is 5.73 Å². The van der Waals surface area contributed by atoms with Crippen LogP contribution in [0.4, 0.5) is 4.39 Å². The Kier molecular flexibility index (Phi) is 3.83. The van der Waals surface area contributed by atoms with Crippen LogP contribution in [0.1, 0.15) is 28.3 Å². The molecule has 18 heavy (non-hydrogen) atoms. The summed E-state index contributed by atoms with van der Waals surface area (Å²) >= 11 is 3.35. The summed E-state index contributed by atoms with van der Waals surface area (Å²) in [6.07, 6.45) is 0. The van der Waals surface area contributed by atoms with E-state index < -0.39 is 6.04 Å². The van der Waals surface area contributed by atoms with Crippen LogP contribution in [0.5, 0.6) is 0 Å². The van der Waals surface area contributed by atoms with Gasteiger partial charge in [0.05, 0.1) is 6.04 Å². The fourth-order valence-electron chi connectivity index (χ4n) is 2.03. The molecule has 2 N–H and O–H groups in total. The van der Waals surface area contributed by atoms with Crippen LogP contribution in [0.25, 0.3) is 0 Å². The van der Waals surface area contributed by atoms with Gasteiger partial charge >= 0.3 is 0 Å². The predicted octanol–water partition coefficient (Wildman–Crippen LogP) is 4.25. The quantitative estimate of drug-likeness (QED) is 0.881. The van der Waals surface area contributed by atoms with Gasteiger partial charge in [-0.1, -0.05) is 34.1 Å². The third kappa shape index (κ3) is 2.47. The minimum Gasteiger partial charge on any atom is -0.320 e. The summed E-state index contributed by atoms with van der Waals surface area (Å²) in [5.74, 6) is -0.272. The van der Waals surface area contributed by atoms with E-state index in [2.05, 4.69) is 15.9 Å². The monoisotopic (exact) mass is 307 g/mol. The molecule has 0 saturated carbocycles. The molecule has 2 aromatic rings. The van der Waals surface area contributed by atoms with Gasteiger partial charge in [0.15, 0.2) is 0 Å². The first-order chi connectivity index (χ1) is 8.50. The zero-order chi connectivity index (χ0) is 13.3. The van der Waals surface area contributed by atoms with Crippen molar-refractivity contribution >= 4 is 15.9 Å². The molecule has 1 nitrogen and oxygen atoms in total. The summed E-state index contributed by atoms with van der Waals surface area (Å²) in [5, 5.41) is 0.